The van der Waals surface area contributed by atoms with E-state index in [1.807, 2.05) is 0 Å². The second kappa shape index (κ2) is 4.31. The van der Waals surface area contributed by atoms with Gasteiger partial charge in [-0.1, -0.05) is 0 Å². The van der Waals surface area contributed by atoms with Gasteiger partial charge in [-0.15, -0.1) is 0 Å². The van der Waals surface area contributed by atoms with Crippen molar-refractivity contribution in [3.8, 4) is 5.75 Å². The van der Waals surface area contributed by atoms with Crippen molar-refractivity contribution in [2.24, 2.45) is 0 Å². The molecule has 0 aromatic carbocycles. The van der Waals surface area contributed by atoms with Gasteiger partial charge in [0, 0.05) is 0 Å². The molecule has 1 heterocycles. The first-order valence-corrected chi connectivity index (χ1v) is 3.85. The second-order valence-corrected chi connectivity index (χ2v) is 2.28. The number of ether oxygens (including phenoxy) is 2. The molecule has 0 bridgehead atoms. The molecule has 0 unspecified atom stereocenters. The molecule has 0 amide bonds. The Kier molecular flexibility index (Phi) is 3.11. The van der Waals surface area contributed by atoms with Crippen LogP contribution < -0.4 is 10.5 Å². The van der Waals surface area contributed by atoms with Gasteiger partial charge in [-0.05, 0) is 6.92 Å². The average molecular weight is 199 g/mol. The third-order valence-electron chi connectivity index (χ3n) is 1.43. The Morgan fingerprint density at radius 1 is 1.71 bits per heavy atom. The predicted octanol–water partition coefficient (Wildman–Crippen LogP) is 0.574. The van der Waals surface area contributed by atoms with E-state index in [4.69, 9.17) is 10.2 Å². The van der Waals surface area contributed by atoms with Crippen LogP contribution in [-0.2, 0) is 9.53 Å². The van der Waals surface area contributed by atoms with Gasteiger partial charge >= 0.3 is 5.97 Å². The highest BCUT2D eigenvalue weighted by Crippen LogP contribution is 2.27. The van der Waals surface area contributed by atoms with Gasteiger partial charge in [0.15, 0.2) is 5.75 Å². The van der Waals surface area contributed by atoms with Crippen LogP contribution in [0.1, 0.15) is 17.5 Å². The molecular weight excluding hydrogens is 190 g/mol. The summed E-state index contributed by atoms with van der Waals surface area (Å²) in [5.74, 6) is -0.850. The zero-order valence-electron chi connectivity index (χ0n) is 7.48. The van der Waals surface area contributed by atoms with Crippen LogP contribution >= 0.6 is 0 Å². The molecule has 6 nitrogen and oxygen atoms in total. The summed E-state index contributed by atoms with van der Waals surface area (Å²) in [5.41, 5.74) is 5.40. The SMILES string of the molecule is CCOC(=O)c1occ(OC=O)c1N. The zero-order chi connectivity index (χ0) is 10.6. The highest BCUT2D eigenvalue weighted by Gasteiger charge is 2.19. The summed E-state index contributed by atoms with van der Waals surface area (Å²) in [5, 5.41) is 0. The summed E-state index contributed by atoms with van der Waals surface area (Å²) in [6.45, 7) is 2.05. The highest BCUT2D eigenvalue weighted by atomic mass is 16.6. The van der Waals surface area contributed by atoms with Crippen LogP contribution in [0.4, 0.5) is 5.69 Å². The number of rotatable bonds is 4. The van der Waals surface area contributed by atoms with E-state index in [0.29, 0.717) is 0 Å². The first-order chi connectivity index (χ1) is 6.70. The molecule has 0 fully saturated rings. The minimum Gasteiger partial charge on any atom is -0.460 e. The van der Waals surface area contributed by atoms with Crippen molar-refractivity contribution in [3.05, 3.63) is 12.0 Å². The lowest BCUT2D eigenvalue weighted by molar-refractivity contribution is -0.120. The van der Waals surface area contributed by atoms with Crippen molar-refractivity contribution >= 4 is 18.1 Å². The summed E-state index contributed by atoms with van der Waals surface area (Å²) >= 11 is 0. The van der Waals surface area contributed by atoms with E-state index >= 15 is 0 Å². The maximum Gasteiger partial charge on any atom is 0.376 e. The second-order valence-electron chi connectivity index (χ2n) is 2.28. The highest BCUT2D eigenvalue weighted by molar-refractivity contribution is 5.93. The molecule has 14 heavy (non-hydrogen) atoms. The summed E-state index contributed by atoms with van der Waals surface area (Å²) in [4.78, 5) is 21.1. The zero-order valence-corrected chi connectivity index (χ0v) is 7.48. The minimum absolute atomic E-state index is 0.00283. The number of furan rings is 1. The Balaban J connectivity index is 2.88. The molecule has 0 aliphatic carbocycles. The molecule has 0 saturated heterocycles. The van der Waals surface area contributed by atoms with E-state index in [1.54, 1.807) is 6.92 Å². The molecule has 1 rings (SSSR count). The molecule has 1 aromatic rings. The lowest BCUT2D eigenvalue weighted by Gasteiger charge is -1.98. The average Bonchev–Trinajstić information content (AvgIpc) is 2.49. The third kappa shape index (κ3) is 1.85. The molecule has 0 radical (unpaired) electrons. The number of nitrogen functional groups attached to an aromatic ring is 1. The quantitative estimate of drug-likeness (QED) is 0.563. The molecule has 2 N–H and O–H groups in total. The van der Waals surface area contributed by atoms with Crippen LogP contribution in [0.5, 0.6) is 5.75 Å². The number of carbonyl (C=O) groups excluding carboxylic acids is 2. The molecule has 1 aromatic heterocycles. The lowest BCUT2D eigenvalue weighted by Crippen LogP contribution is -2.06. The Bertz CT molecular complexity index is 344. The fourth-order valence-electron chi connectivity index (χ4n) is 0.849. The summed E-state index contributed by atoms with van der Waals surface area (Å²) < 4.78 is 13.9. The summed E-state index contributed by atoms with van der Waals surface area (Å²) in [6, 6.07) is 0. The van der Waals surface area contributed by atoms with Gasteiger partial charge in [-0.25, -0.2) is 4.79 Å². The van der Waals surface area contributed by atoms with Crippen molar-refractivity contribution in [1.82, 2.24) is 0 Å². The van der Waals surface area contributed by atoms with E-state index in [9.17, 15) is 9.59 Å². The third-order valence-corrected chi connectivity index (χ3v) is 1.43. The van der Waals surface area contributed by atoms with Gasteiger partial charge in [0.2, 0.25) is 5.76 Å². The van der Waals surface area contributed by atoms with Crippen LogP contribution in [-0.4, -0.2) is 19.0 Å². The van der Waals surface area contributed by atoms with Gasteiger partial charge in [-0.2, -0.15) is 0 Å². The van der Waals surface area contributed by atoms with E-state index in [0.717, 1.165) is 6.26 Å². The molecule has 6 heteroatoms. The largest absolute Gasteiger partial charge is 0.460 e. The molecule has 0 aliphatic rings. The standard InChI is InChI=1S/C8H9NO5/c1-2-12-8(11)7-6(9)5(3-13-7)14-4-10/h3-4H,2,9H2,1H3. The van der Waals surface area contributed by atoms with E-state index in [-0.39, 0.29) is 30.3 Å². The first kappa shape index (κ1) is 10.1. The van der Waals surface area contributed by atoms with Gasteiger partial charge in [0.1, 0.15) is 12.0 Å². The van der Waals surface area contributed by atoms with Crippen LogP contribution in [0, 0.1) is 0 Å². The Morgan fingerprint density at radius 2 is 2.43 bits per heavy atom. The molecule has 0 atom stereocenters. The van der Waals surface area contributed by atoms with E-state index in [2.05, 4.69) is 9.47 Å². The summed E-state index contributed by atoms with van der Waals surface area (Å²) in [7, 11) is 0. The van der Waals surface area contributed by atoms with Crippen molar-refractivity contribution in [3.63, 3.8) is 0 Å². The Hall–Kier alpha value is -1.98. The first-order valence-electron chi connectivity index (χ1n) is 3.85. The topological polar surface area (TPSA) is 91.8 Å². The summed E-state index contributed by atoms with van der Waals surface area (Å²) in [6.07, 6.45) is 1.07. The number of anilines is 1. The Labute approximate surface area is 79.6 Å². The molecule has 0 saturated carbocycles. The minimum atomic E-state index is -0.689. The van der Waals surface area contributed by atoms with E-state index < -0.39 is 5.97 Å². The van der Waals surface area contributed by atoms with Crippen molar-refractivity contribution in [2.45, 2.75) is 6.92 Å². The molecule has 0 aliphatic heterocycles. The van der Waals surface area contributed by atoms with Crippen LogP contribution in [0.2, 0.25) is 0 Å². The van der Waals surface area contributed by atoms with Crippen LogP contribution in [0.3, 0.4) is 0 Å². The fourth-order valence-corrected chi connectivity index (χ4v) is 0.849. The number of hydrogen-bond donors (Lipinski definition) is 1. The smallest absolute Gasteiger partial charge is 0.376 e. The maximum atomic E-state index is 11.1. The van der Waals surface area contributed by atoms with Gasteiger partial charge in [-0.3, -0.25) is 4.79 Å². The number of nitrogens with two attached hydrogens (primary N) is 1. The molecular formula is C8H9NO5. The lowest BCUT2D eigenvalue weighted by atomic mass is 10.4. The van der Waals surface area contributed by atoms with Crippen molar-refractivity contribution < 1.29 is 23.5 Å². The maximum absolute atomic E-state index is 11.1. The van der Waals surface area contributed by atoms with Crippen molar-refractivity contribution in [1.29, 1.82) is 0 Å². The van der Waals surface area contributed by atoms with Gasteiger partial charge < -0.3 is 19.6 Å². The number of hydrogen-bond acceptors (Lipinski definition) is 6. The Morgan fingerprint density at radius 3 is 3.00 bits per heavy atom. The number of carbonyl (C=O) groups is 2. The van der Waals surface area contributed by atoms with Crippen LogP contribution in [0.25, 0.3) is 0 Å². The predicted molar refractivity (Wildman–Crippen MR) is 45.8 cm³/mol. The number of esters is 1. The van der Waals surface area contributed by atoms with E-state index in [1.165, 1.54) is 0 Å². The van der Waals surface area contributed by atoms with Crippen molar-refractivity contribution in [2.75, 3.05) is 12.3 Å². The van der Waals surface area contributed by atoms with Crippen LogP contribution in [0.15, 0.2) is 10.7 Å². The molecule has 76 valence electrons. The molecule has 0 spiro atoms. The van der Waals surface area contributed by atoms with Gasteiger partial charge in [0.05, 0.1) is 6.61 Å². The van der Waals surface area contributed by atoms with Gasteiger partial charge in [0.25, 0.3) is 6.47 Å². The fraction of sp³-hybridized carbons (Fsp3) is 0.250. The monoisotopic (exact) mass is 199 g/mol. The normalized spacial score (nSPS) is 9.50.